The lowest BCUT2D eigenvalue weighted by Gasteiger charge is -2.24. The SMILES string of the molecule is C=C1c2ccccc2C(=O)N1[C@@H](C)C(=O)Nc1cnc2c(cnn2C(C)C)c1. The summed E-state index contributed by atoms with van der Waals surface area (Å²) >= 11 is 0. The first kappa shape index (κ1) is 17.9. The highest BCUT2D eigenvalue weighted by molar-refractivity contribution is 6.12. The summed E-state index contributed by atoms with van der Waals surface area (Å²) in [6.45, 7) is 9.75. The number of carbonyl (C=O) groups excluding carboxylic acids is 2. The van der Waals surface area contributed by atoms with Crippen molar-refractivity contribution in [3.05, 3.63) is 60.4 Å². The van der Waals surface area contributed by atoms with Crippen molar-refractivity contribution in [2.75, 3.05) is 5.32 Å². The zero-order valence-corrected chi connectivity index (χ0v) is 16.0. The Bertz CT molecular complexity index is 1080. The molecule has 1 aromatic carbocycles. The molecule has 0 radical (unpaired) electrons. The lowest BCUT2D eigenvalue weighted by molar-refractivity contribution is -0.119. The second-order valence-corrected chi connectivity index (χ2v) is 7.15. The minimum absolute atomic E-state index is 0.194. The van der Waals surface area contributed by atoms with Gasteiger partial charge >= 0.3 is 0 Å². The fourth-order valence-electron chi connectivity index (χ4n) is 3.46. The number of rotatable bonds is 4. The van der Waals surface area contributed by atoms with Crippen LogP contribution in [0.25, 0.3) is 16.7 Å². The molecule has 0 bridgehead atoms. The summed E-state index contributed by atoms with van der Waals surface area (Å²) in [5.41, 5.74) is 3.18. The number of nitrogens with zero attached hydrogens (tertiary/aromatic N) is 4. The van der Waals surface area contributed by atoms with Crippen LogP contribution < -0.4 is 5.32 Å². The van der Waals surface area contributed by atoms with Crippen molar-refractivity contribution in [1.29, 1.82) is 0 Å². The topological polar surface area (TPSA) is 80.1 Å². The van der Waals surface area contributed by atoms with Crippen LogP contribution in [0.15, 0.2) is 49.3 Å². The van der Waals surface area contributed by atoms with Gasteiger partial charge in [0.25, 0.3) is 5.91 Å². The third-order valence-corrected chi connectivity index (χ3v) is 4.93. The molecule has 1 aliphatic rings. The Morgan fingerprint density at radius 2 is 1.86 bits per heavy atom. The molecule has 7 nitrogen and oxygen atoms in total. The highest BCUT2D eigenvalue weighted by Gasteiger charge is 2.36. The van der Waals surface area contributed by atoms with Gasteiger partial charge in [0.05, 0.1) is 18.1 Å². The summed E-state index contributed by atoms with van der Waals surface area (Å²) in [5.74, 6) is -0.519. The molecule has 0 saturated heterocycles. The molecule has 4 rings (SSSR count). The number of hydrogen-bond acceptors (Lipinski definition) is 4. The van der Waals surface area contributed by atoms with Crippen molar-refractivity contribution in [3.63, 3.8) is 0 Å². The average Bonchev–Trinajstić information content (AvgIpc) is 3.21. The van der Waals surface area contributed by atoms with Crippen molar-refractivity contribution in [2.24, 2.45) is 0 Å². The van der Waals surface area contributed by atoms with Crippen LogP contribution in [0.2, 0.25) is 0 Å². The van der Waals surface area contributed by atoms with Gasteiger partial charge in [0.15, 0.2) is 5.65 Å². The molecule has 1 atom stereocenters. The van der Waals surface area contributed by atoms with E-state index in [9.17, 15) is 9.59 Å². The second kappa shape index (κ2) is 6.60. The molecule has 3 aromatic rings. The third-order valence-electron chi connectivity index (χ3n) is 4.93. The summed E-state index contributed by atoms with van der Waals surface area (Å²) in [6.07, 6.45) is 3.33. The molecule has 3 heterocycles. The monoisotopic (exact) mass is 375 g/mol. The Labute approximate surface area is 162 Å². The minimum atomic E-state index is -0.707. The van der Waals surface area contributed by atoms with Gasteiger partial charge in [-0.2, -0.15) is 5.10 Å². The molecule has 2 amide bonds. The van der Waals surface area contributed by atoms with Crippen LogP contribution in [0.4, 0.5) is 5.69 Å². The fourth-order valence-corrected chi connectivity index (χ4v) is 3.46. The van der Waals surface area contributed by atoms with Crippen LogP contribution in [-0.4, -0.2) is 37.5 Å². The van der Waals surface area contributed by atoms with Gasteiger partial charge in [-0.15, -0.1) is 0 Å². The maximum Gasteiger partial charge on any atom is 0.259 e. The molecule has 0 saturated carbocycles. The number of fused-ring (bicyclic) bond motifs is 2. The number of pyridine rings is 1. The van der Waals surface area contributed by atoms with Gasteiger partial charge in [-0.1, -0.05) is 24.8 Å². The first-order valence-corrected chi connectivity index (χ1v) is 9.14. The quantitative estimate of drug-likeness (QED) is 0.757. The van der Waals surface area contributed by atoms with Crippen LogP contribution in [0.3, 0.4) is 0 Å². The van der Waals surface area contributed by atoms with Crippen molar-refractivity contribution >= 4 is 34.2 Å². The standard InChI is InChI=1S/C21H21N5O2/c1-12(2)26-19-15(10-23-26)9-16(11-22-19)24-20(27)14(4)25-13(3)17-7-5-6-8-18(17)21(25)28/h5-12,14H,3H2,1-2,4H3,(H,24,27)/t14-/m0/s1. The predicted octanol–water partition coefficient (Wildman–Crippen LogP) is 3.47. The van der Waals surface area contributed by atoms with E-state index in [1.807, 2.05) is 36.7 Å². The van der Waals surface area contributed by atoms with Crippen LogP contribution >= 0.6 is 0 Å². The Kier molecular flexibility index (Phi) is 4.22. The van der Waals surface area contributed by atoms with Crippen molar-refractivity contribution in [3.8, 4) is 0 Å². The van der Waals surface area contributed by atoms with Crippen molar-refractivity contribution < 1.29 is 9.59 Å². The van der Waals surface area contributed by atoms with Gasteiger partial charge in [0, 0.05) is 28.3 Å². The van der Waals surface area contributed by atoms with Crippen molar-refractivity contribution in [1.82, 2.24) is 19.7 Å². The van der Waals surface area contributed by atoms with E-state index in [0.29, 0.717) is 16.9 Å². The van der Waals surface area contributed by atoms with Gasteiger partial charge in [-0.05, 0) is 32.9 Å². The number of nitrogens with one attached hydrogen (secondary N) is 1. The molecular formula is C21H21N5O2. The number of aromatic nitrogens is 3. The predicted molar refractivity (Wildman–Crippen MR) is 108 cm³/mol. The zero-order valence-electron chi connectivity index (χ0n) is 16.0. The lowest BCUT2D eigenvalue weighted by Crippen LogP contribution is -2.41. The molecule has 28 heavy (non-hydrogen) atoms. The van der Waals surface area contributed by atoms with Gasteiger partial charge in [-0.3, -0.25) is 14.5 Å². The van der Waals surface area contributed by atoms with E-state index in [0.717, 1.165) is 16.6 Å². The van der Waals surface area contributed by atoms with E-state index in [-0.39, 0.29) is 17.9 Å². The van der Waals surface area contributed by atoms with E-state index in [1.54, 1.807) is 31.5 Å². The summed E-state index contributed by atoms with van der Waals surface area (Å²) < 4.78 is 1.83. The van der Waals surface area contributed by atoms with Crippen LogP contribution in [0.5, 0.6) is 0 Å². The van der Waals surface area contributed by atoms with Crippen LogP contribution in [0.1, 0.15) is 42.7 Å². The summed E-state index contributed by atoms with van der Waals surface area (Å²) in [7, 11) is 0. The number of anilines is 1. The first-order chi connectivity index (χ1) is 13.4. The molecule has 2 aromatic heterocycles. The molecule has 1 aliphatic heterocycles. The molecule has 0 spiro atoms. The minimum Gasteiger partial charge on any atom is -0.323 e. The van der Waals surface area contributed by atoms with Crippen molar-refractivity contribution in [2.45, 2.75) is 32.9 Å². The Hall–Kier alpha value is -3.48. The largest absolute Gasteiger partial charge is 0.323 e. The highest BCUT2D eigenvalue weighted by Crippen LogP contribution is 2.33. The molecule has 0 aliphatic carbocycles. The fraction of sp³-hybridized carbons (Fsp3) is 0.238. The summed E-state index contributed by atoms with van der Waals surface area (Å²) in [5, 5.41) is 8.02. The maximum absolute atomic E-state index is 12.8. The Morgan fingerprint density at radius 3 is 2.54 bits per heavy atom. The molecule has 1 N–H and O–H groups in total. The summed E-state index contributed by atoms with van der Waals surface area (Å²) in [4.78, 5) is 31.4. The molecule has 0 unspecified atom stereocenters. The highest BCUT2D eigenvalue weighted by atomic mass is 16.2. The van der Waals surface area contributed by atoms with Gasteiger partial charge in [-0.25, -0.2) is 9.67 Å². The van der Waals surface area contributed by atoms with E-state index in [2.05, 4.69) is 22.0 Å². The molecular weight excluding hydrogens is 354 g/mol. The van der Waals surface area contributed by atoms with Crippen LogP contribution in [-0.2, 0) is 4.79 Å². The number of carbonyl (C=O) groups is 2. The van der Waals surface area contributed by atoms with E-state index in [4.69, 9.17) is 0 Å². The Morgan fingerprint density at radius 1 is 1.14 bits per heavy atom. The van der Waals surface area contributed by atoms with Gasteiger partial charge in [0.1, 0.15) is 6.04 Å². The number of hydrogen-bond donors (Lipinski definition) is 1. The molecule has 7 heteroatoms. The molecule has 0 fully saturated rings. The smallest absolute Gasteiger partial charge is 0.259 e. The zero-order chi connectivity index (χ0) is 20.0. The third kappa shape index (κ3) is 2.76. The van der Waals surface area contributed by atoms with E-state index in [1.165, 1.54) is 4.90 Å². The maximum atomic E-state index is 12.8. The average molecular weight is 375 g/mol. The van der Waals surface area contributed by atoms with E-state index >= 15 is 0 Å². The van der Waals surface area contributed by atoms with Gasteiger partial charge < -0.3 is 5.32 Å². The van der Waals surface area contributed by atoms with Gasteiger partial charge in [0.2, 0.25) is 5.91 Å². The first-order valence-electron chi connectivity index (χ1n) is 9.14. The van der Waals surface area contributed by atoms with Crippen LogP contribution in [0, 0.1) is 0 Å². The van der Waals surface area contributed by atoms with E-state index < -0.39 is 6.04 Å². The second-order valence-electron chi connectivity index (χ2n) is 7.15. The lowest BCUT2D eigenvalue weighted by atomic mass is 10.1. The molecule has 142 valence electrons. The Balaban J connectivity index is 1.55. The normalized spacial score (nSPS) is 14.6. The summed E-state index contributed by atoms with van der Waals surface area (Å²) in [6, 6.07) is 8.55. The number of amides is 2. The number of benzene rings is 1.